The van der Waals surface area contributed by atoms with Crippen LogP contribution in [0, 0.1) is 16.7 Å². The number of halogens is 1. The molecular formula is C37H50ClN4O4P. The molecule has 1 saturated heterocycles. The molecule has 6 rings (SSSR count). The average molecular weight is 681 g/mol. The van der Waals surface area contributed by atoms with Crippen molar-refractivity contribution in [1.82, 2.24) is 14.8 Å². The quantitative estimate of drug-likeness (QED) is 0.135. The summed E-state index contributed by atoms with van der Waals surface area (Å²) in [6.07, 6.45) is 7.32. The largest absolute Gasteiger partial charge is 0.493 e. The number of carbonyl (C=O) groups is 2. The topological polar surface area (TPSA) is 84.0 Å². The van der Waals surface area contributed by atoms with Gasteiger partial charge in [0, 0.05) is 54.8 Å². The first-order chi connectivity index (χ1) is 22.5. The van der Waals surface area contributed by atoms with Gasteiger partial charge in [-0.25, -0.2) is 4.98 Å². The Kier molecular flexibility index (Phi) is 12.5. The van der Waals surface area contributed by atoms with E-state index < -0.39 is 0 Å². The van der Waals surface area contributed by atoms with E-state index >= 15 is 0 Å². The van der Waals surface area contributed by atoms with Crippen molar-refractivity contribution >= 4 is 49.4 Å². The smallest absolute Gasteiger partial charge is 0.312 e. The maximum Gasteiger partial charge on any atom is 0.312 e. The number of anilines is 1. The first-order valence-corrected chi connectivity index (χ1v) is 17.4. The number of amides is 1. The minimum atomic E-state index is -0.279. The molecule has 0 bridgehead atoms. The number of nitrogens with one attached hydrogen (secondary N) is 1. The van der Waals surface area contributed by atoms with E-state index in [9.17, 15) is 9.59 Å². The fourth-order valence-corrected chi connectivity index (χ4v) is 6.87. The summed E-state index contributed by atoms with van der Waals surface area (Å²) in [4.78, 5) is 32.9. The van der Waals surface area contributed by atoms with E-state index in [4.69, 9.17) is 21.1 Å². The van der Waals surface area contributed by atoms with Crippen molar-refractivity contribution in [3.8, 4) is 0 Å². The molecule has 1 amide bonds. The van der Waals surface area contributed by atoms with E-state index in [2.05, 4.69) is 49.5 Å². The maximum atomic E-state index is 12.1. The summed E-state index contributed by atoms with van der Waals surface area (Å²) in [5.41, 5.74) is 2.40. The molecule has 0 radical (unpaired) electrons. The van der Waals surface area contributed by atoms with Crippen LogP contribution in [0.25, 0.3) is 5.57 Å². The van der Waals surface area contributed by atoms with Crippen LogP contribution in [0.5, 0.6) is 0 Å². The number of hydrogen-bond donors (Lipinski definition) is 1. The average Bonchev–Trinajstić information content (AvgIpc) is 3.90. The van der Waals surface area contributed by atoms with Gasteiger partial charge in [0.2, 0.25) is 5.91 Å². The lowest BCUT2D eigenvalue weighted by molar-refractivity contribution is -0.144. The van der Waals surface area contributed by atoms with Crippen molar-refractivity contribution in [2.45, 2.75) is 52.5 Å². The van der Waals surface area contributed by atoms with Gasteiger partial charge in [-0.3, -0.25) is 14.5 Å². The molecule has 3 aliphatic carbocycles. The molecule has 2 aromatic rings. The summed E-state index contributed by atoms with van der Waals surface area (Å²) in [5, 5.41) is 4.60. The van der Waals surface area contributed by atoms with Gasteiger partial charge in [-0.15, -0.1) is 9.24 Å². The standard InChI is InChI=1S/C20H22ClO3P.C15H22N4O.C2H6/c1-12(7-13(2)16-8-15(21)5-6-17(16)25)14(3)24-11-19-9-20(19,10-19)18(22)23-4;1-18-6-8-19(9-7-18)13-10-12(11-13)15(20)17-14-4-2-3-5-16-14;1-2/h5-8H,2-3,9-11,25H2,1,4H3;2-5,12-13H,6-11H2,1H3,(H,16,17,20);1-2H3/b12-7-;;. The molecule has 47 heavy (non-hydrogen) atoms. The molecule has 0 spiro atoms. The van der Waals surface area contributed by atoms with Crippen LogP contribution in [0.15, 0.2) is 73.2 Å². The number of methoxy groups -OCH3 is 1. The fraction of sp³-hybridized carbons (Fsp3) is 0.486. The molecular weight excluding hydrogens is 631 g/mol. The van der Waals surface area contributed by atoms with E-state index in [0.29, 0.717) is 29.2 Å². The summed E-state index contributed by atoms with van der Waals surface area (Å²) in [6.45, 7) is 19.1. The molecule has 1 aromatic carbocycles. The number of pyridine rings is 1. The van der Waals surface area contributed by atoms with Crippen LogP contribution in [-0.2, 0) is 19.1 Å². The highest BCUT2D eigenvalue weighted by molar-refractivity contribution is 7.27. The Hall–Kier alpha value is -3.03. The lowest BCUT2D eigenvalue weighted by Crippen LogP contribution is -2.54. The minimum Gasteiger partial charge on any atom is -0.493 e. The third-order valence-electron chi connectivity index (χ3n) is 9.79. The van der Waals surface area contributed by atoms with E-state index in [0.717, 1.165) is 73.9 Å². The van der Waals surface area contributed by atoms with Crippen LogP contribution in [-0.4, -0.2) is 79.6 Å². The number of piperazine rings is 1. The van der Waals surface area contributed by atoms with E-state index in [1.807, 2.05) is 63.2 Å². The number of hydrogen-bond acceptors (Lipinski definition) is 7. The second kappa shape index (κ2) is 15.9. The Bertz CT molecular complexity index is 1480. The van der Waals surface area contributed by atoms with Crippen LogP contribution in [0.2, 0.25) is 5.02 Å². The Morgan fingerprint density at radius 2 is 1.81 bits per heavy atom. The number of carbonyl (C=O) groups excluding carboxylic acids is 2. The number of allylic oxidation sites excluding steroid dienone is 3. The number of likely N-dealkylation sites (N-methyl/N-ethyl adjacent to an activating group) is 1. The van der Waals surface area contributed by atoms with Crippen LogP contribution in [0.1, 0.15) is 52.0 Å². The summed E-state index contributed by atoms with van der Waals surface area (Å²) < 4.78 is 10.7. The number of fused-ring (bicyclic) bond motifs is 1. The second-order valence-electron chi connectivity index (χ2n) is 12.9. The molecule has 1 aromatic heterocycles. The summed E-state index contributed by atoms with van der Waals surface area (Å²) in [6, 6.07) is 11.8. The van der Waals surface area contributed by atoms with Crippen LogP contribution >= 0.6 is 20.8 Å². The first-order valence-electron chi connectivity index (χ1n) is 16.4. The Morgan fingerprint density at radius 3 is 2.43 bits per heavy atom. The molecule has 8 nitrogen and oxygen atoms in total. The van der Waals surface area contributed by atoms with Crippen molar-refractivity contribution < 1.29 is 19.1 Å². The molecule has 2 heterocycles. The molecule has 254 valence electrons. The normalized spacial score (nSPS) is 26.1. The highest BCUT2D eigenvalue weighted by Gasteiger charge is 2.88. The second-order valence-corrected chi connectivity index (χ2v) is 13.9. The number of esters is 1. The van der Waals surface area contributed by atoms with Gasteiger partial charge in [-0.05, 0) is 92.0 Å². The third-order valence-corrected chi connectivity index (χ3v) is 10.5. The van der Waals surface area contributed by atoms with Gasteiger partial charge in [0.1, 0.15) is 11.6 Å². The molecule has 1 atom stereocenters. The van der Waals surface area contributed by atoms with Gasteiger partial charge in [-0.1, -0.05) is 50.7 Å². The van der Waals surface area contributed by atoms with Gasteiger partial charge in [-0.2, -0.15) is 0 Å². The minimum absolute atomic E-state index is 0.0273. The predicted molar refractivity (Wildman–Crippen MR) is 195 cm³/mol. The Balaban J connectivity index is 0.000000206. The van der Waals surface area contributed by atoms with E-state index in [-0.39, 0.29) is 28.6 Å². The van der Waals surface area contributed by atoms with E-state index in [1.165, 1.54) is 7.11 Å². The van der Waals surface area contributed by atoms with Gasteiger partial charge >= 0.3 is 5.97 Å². The molecule has 4 fully saturated rings. The van der Waals surface area contributed by atoms with Gasteiger partial charge in [0.25, 0.3) is 0 Å². The molecule has 1 aliphatic heterocycles. The zero-order valence-electron chi connectivity index (χ0n) is 28.5. The molecule has 4 aliphatic rings. The van der Waals surface area contributed by atoms with E-state index in [1.54, 1.807) is 6.20 Å². The highest BCUT2D eigenvalue weighted by atomic mass is 35.5. The SMILES string of the molecule is C=C(OCC12CC1(C(=O)OC)C2)/C(C)=C\C(=C)c1cc(Cl)ccc1P.CC.CN1CCN(C2CC(C(=O)Nc3ccccn3)C2)CC1. The molecule has 3 saturated carbocycles. The summed E-state index contributed by atoms with van der Waals surface area (Å²) in [5.74, 6) is 1.41. The number of benzene rings is 1. The molecule has 1 unspecified atom stereocenters. The van der Waals surface area contributed by atoms with Crippen molar-refractivity contribution in [3.05, 3.63) is 83.7 Å². The first kappa shape index (κ1) is 36.8. The lowest BCUT2D eigenvalue weighted by Gasteiger charge is -2.45. The number of ether oxygens (including phenoxy) is 2. The van der Waals surface area contributed by atoms with Crippen LogP contribution in [0.3, 0.4) is 0 Å². The zero-order valence-corrected chi connectivity index (χ0v) is 30.4. The maximum absolute atomic E-state index is 12.1. The lowest BCUT2D eigenvalue weighted by atomic mass is 9.78. The molecule has 10 heteroatoms. The monoisotopic (exact) mass is 680 g/mol. The zero-order chi connectivity index (χ0) is 34.4. The Morgan fingerprint density at radius 1 is 1.13 bits per heavy atom. The van der Waals surface area contributed by atoms with Crippen molar-refractivity contribution in [1.29, 1.82) is 0 Å². The van der Waals surface area contributed by atoms with Gasteiger partial charge in [0.15, 0.2) is 0 Å². The number of nitrogens with zero attached hydrogens (tertiary/aromatic N) is 3. The predicted octanol–water partition coefficient (Wildman–Crippen LogP) is 6.36. The van der Waals surface area contributed by atoms with Crippen LogP contribution in [0.4, 0.5) is 5.82 Å². The molecule has 1 N–H and O–H groups in total. The van der Waals surface area contributed by atoms with Crippen molar-refractivity contribution in [2.24, 2.45) is 16.7 Å². The number of rotatable bonds is 10. The van der Waals surface area contributed by atoms with Gasteiger partial charge in [0.05, 0.1) is 19.1 Å². The van der Waals surface area contributed by atoms with Gasteiger partial charge < -0.3 is 19.7 Å². The Labute approximate surface area is 287 Å². The van der Waals surface area contributed by atoms with Crippen LogP contribution < -0.4 is 10.6 Å². The third kappa shape index (κ3) is 8.72. The summed E-state index contributed by atoms with van der Waals surface area (Å²) >= 11 is 6.07. The highest BCUT2D eigenvalue weighted by Crippen LogP contribution is 2.86. The fourth-order valence-electron chi connectivity index (χ4n) is 6.33. The summed E-state index contributed by atoms with van der Waals surface area (Å²) in [7, 11) is 6.29. The van der Waals surface area contributed by atoms with Crippen molar-refractivity contribution in [2.75, 3.05) is 52.3 Å². The van der Waals surface area contributed by atoms with Crippen molar-refractivity contribution in [3.63, 3.8) is 0 Å². The number of aromatic nitrogens is 1.